The van der Waals surface area contributed by atoms with Gasteiger partial charge in [-0.05, 0) is 208 Å². The lowest BCUT2D eigenvalue weighted by molar-refractivity contribution is -0.660. The zero-order valence-electron chi connectivity index (χ0n) is 56.5. The van der Waals surface area contributed by atoms with E-state index in [2.05, 4.69) is 317 Å². The molecule has 0 aliphatic heterocycles. The highest BCUT2D eigenvalue weighted by Crippen LogP contribution is 2.34. The van der Waals surface area contributed by atoms with E-state index in [-0.39, 0.29) is 0 Å². The van der Waals surface area contributed by atoms with E-state index in [1.54, 1.807) is 12.3 Å². The molecule has 0 bridgehead atoms. The van der Waals surface area contributed by atoms with Crippen LogP contribution in [0.5, 0.6) is 0 Å². The second-order valence-electron chi connectivity index (χ2n) is 23.4. The Bertz CT molecular complexity index is 4480. The van der Waals surface area contributed by atoms with Crippen LogP contribution in [0.25, 0.3) is 89.5 Å². The summed E-state index contributed by atoms with van der Waals surface area (Å²) < 4.78 is 31.1. The van der Waals surface area contributed by atoms with E-state index >= 15 is 0 Å². The molecule has 0 radical (unpaired) electrons. The molecule has 0 atom stereocenters. The number of pyridine rings is 4. The SMILES string of the molecule is Cc1cc(-c2cc(C)c(-c3ccccc3)cc2C)[n+](C)cc1C.Cc1cc(-c2cccc[n+]2C)c(C)cc1-c1ccccc1.Cc1ccc(-c2cc(C)c(-c3ccccc3)cc2C)[n+](C)c1.[2H]C([2H])([2H])c1ccc(-c2ccc(-c3ccccc3)cc2C)[n+](C)c1. The van der Waals surface area contributed by atoms with E-state index in [0.717, 1.165) is 16.8 Å². The summed E-state index contributed by atoms with van der Waals surface area (Å²) in [6.45, 7) is 19.6. The van der Waals surface area contributed by atoms with Crippen molar-refractivity contribution < 1.29 is 22.4 Å². The highest BCUT2D eigenvalue weighted by molar-refractivity contribution is 5.77. The molecule has 0 fully saturated rings. The highest BCUT2D eigenvalue weighted by atomic mass is 14.9. The van der Waals surface area contributed by atoms with Crippen LogP contribution >= 0.6 is 0 Å². The molecule has 0 aliphatic rings. The zero-order chi connectivity index (χ0) is 64.4. The fraction of sp³-hybridized carbons (Fsp3) is 0.181. The predicted molar refractivity (Wildman–Crippen MR) is 366 cm³/mol. The number of aromatic nitrogens is 4. The summed E-state index contributed by atoms with van der Waals surface area (Å²) in [6, 6.07) is 78.9. The van der Waals surface area contributed by atoms with Crippen molar-refractivity contribution in [1.29, 1.82) is 0 Å². The molecular formula is C83H86N4+4. The monoisotopic (exact) mass is 1140 g/mol. The van der Waals surface area contributed by atoms with Gasteiger partial charge < -0.3 is 0 Å². The van der Waals surface area contributed by atoms with E-state index in [0.29, 0.717) is 5.56 Å². The third-order valence-electron chi connectivity index (χ3n) is 16.6. The van der Waals surface area contributed by atoms with Crippen molar-refractivity contribution in [2.45, 2.75) is 76.1 Å². The molecule has 0 aliphatic carbocycles. The number of benzene rings is 8. The average Bonchev–Trinajstić information content (AvgIpc) is 0.875. The van der Waals surface area contributed by atoms with Crippen molar-refractivity contribution in [2.24, 2.45) is 28.2 Å². The van der Waals surface area contributed by atoms with Crippen LogP contribution in [0, 0.1) is 76.1 Å². The van der Waals surface area contributed by atoms with Crippen LogP contribution in [-0.4, -0.2) is 0 Å². The van der Waals surface area contributed by atoms with E-state index < -0.39 is 6.85 Å². The fourth-order valence-corrected chi connectivity index (χ4v) is 11.7. The minimum Gasteiger partial charge on any atom is -0.201 e. The summed E-state index contributed by atoms with van der Waals surface area (Å²) in [5.41, 5.74) is 33.3. The number of aryl methyl sites for hydroxylation is 15. The molecule has 4 heteroatoms. The molecule has 0 unspecified atom stereocenters. The van der Waals surface area contributed by atoms with Crippen LogP contribution in [0.3, 0.4) is 0 Å². The normalized spacial score (nSPS) is 11.4. The lowest BCUT2D eigenvalue weighted by atomic mass is 9.93. The van der Waals surface area contributed by atoms with Crippen molar-refractivity contribution in [3.05, 3.63) is 310 Å². The summed E-state index contributed by atoms with van der Waals surface area (Å²) in [7, 11) is 8.22. The van der Waals surface area contributed by atoms with E-state index in [1.807, 2.05) is 35.9 Å². The lowest BCUT2D eigenvalue weighted by Crippen LogP contribution is -2.31. The van der Waals surface area contributed by atoms with Gasteiger partial charge in [-0.1, -0.05) is 152 Å². The molecule has 0 saturated heterocycles. The number of rotatable bonds is 8. The number of hydrogen-bond donors (Lipinski definition) is 0. The molecule has 4 nitrogen and oxygen atoms in total. The van der Waals surface area contributed by atoms with Crippen molar-refractivity contribution in [2.75, 3.05) is 0 Å². The first-order valence-electron chi connectivity index (χ1n) is 31.6. The standard InChI is InChI=1S/C22H24N.C21H22N.2C20H20N/c1-15-13-22(23(5)14-18(15)4)21-12-16(2)20(11-17(21)3)19-9-7-6-8-10-19;1-15-10-11-21(22(4)14-15)20-13-16(2)19(12-17(20)3)18-8-6-5-7-9-18;1-15-14-19(20-11-7-8-12-21(20)3)16(2)13-18(15)17-9-5-4-6-10-17;1-15-9-12-20(21(3)14-15)19-11-10-18(13-16(19)2)17-7-5-4-6-8-17/h6-14H,1-5H3;5-14H,1-4H3;2*4-14H,1-3H3/q4*+1/i;;;1D3. The molecule has 4 aromatic heterocycles. The first kappa shape index (κ1) is 57.8. The zero-order valence-corrected chi connectivity index (χ0v) is 53.5. The van der Waals surface area contributed by atoms with Gasteiger partial charge in [0.2, 0.25) is 22.8 Å². The number of nitrogens with zero attached hydrogens (tertiary/aromatic N) is 4. The minimum absolute atomic E-state index is 0.354. The second-order valence-corrected chi connectivity index (χ2v) is 23.4. The summed E-state index contributed by atoms with van der Waals surface area (Å²) >= 11 is 0. The molecular weight excluding hydrogens is 1050 g/mol. The molecule has 12 rings (SSSR count). The van der Waals surface area contributed by atoms with Gasteiger partial charge >= 0.3 is 0 Å². The summed E-state index contributed by atoms with van der Waals surface area (Å²) in [5, 5.41) is 0. The Kier molecular flexibility index (Phi) is 18.6. The van der Waals surface area contributed by atoms with Gasteiger partial charge in [0.05, 0.1) is 0 Å². The molecule has 8 aromatic carbocycles. The van der Waals surface area contributed by atoms with Gasteiger partial charge in [-0.15, -0.1) is 0 Å². The van der Waals surface area contributed by atoms with Crippen LogP contribution in [-0.2, 0) is 28.2 Å². The van der Waals surface area contributed by atoms with Gasteiger partial charge in [-0.3, -0.25) is 0 Å². The maximum Gasteiger partial charge on any atom is 0.212 e. The van der Waals surface area contributed by atoms with E-state index in [9.17, 15) is 0 Å². The predicted octanol–water partition coefficient (Wildman–Crippen LogP) is 18.8. The van der Waals surface area contributed by atoms with Gasteiger partial charge in [0.15, 0.2) is 24.8 Å². The molecule has 0 spiro atoms. The maximum absolute atomic E-state index is 7.53. The Morgan fingerprint density at radius 3 is 1.02 bits per heavy atom. The Morgan fingerprint density at radius 1 is 0.230 bits per heavy atom. The first-order chi connectivity index (χ1) is 43.1. The van der Waals surface area contributed by atoms with Crippen LogP contribution in [0.15, 0.2) is 249 Å². The number of hydrogen-bond acceptors (Lipinski definition) is 0. The Morgan fingerprint density at radius 2 is 0.586 bits per heavy atom. The molecule has 0 N–H and O–H groups in total. The summed E-state index contributed by atoms with van der Waals surface area (Å²) in [4.78, 5) is 0. The van der Waals surface area contributed by atoms with Crippen LogP contribution in [0.4, 0.5) is 0 Å². The Balaban J connectivity index is 0.000000142. The summed E-state index contributed by atoms with van der Waals surface area (Å²) in [6.07, 6.45) is 8.17. The molecule has 434 valence electrons. The Labute approximate surface area is 523 Å². The van der Waals surface area contributed by atoms with Crippen LogP contribution in [0.1, 0.15) is 65.3 Å². The van der Waals surface area contributed by atoms with Gasteiger partial charge in [-0.2, -0.15) is 0 Å². The maximum atomic E-state index is 7.53. The first-order valence-corrected chi connectivity index (χ1v) is 30.1. The molecule has 0 saturated carbocycles. The quantitative estimate of drug-likeness (QED) is 0.135. The third kappa shape index (κ3) is 14.9. The molecule has 4 heterocycles. The average molecular weight is 1140 g/mol. The fourth-order valence-electron chi connectivity index (χ4n) is 11.7. The largest absolute Gasteiger partial charge is 0.212 e. The second kappa shape index (κ2) is 28.0. The van der Waals surface area contributed by atoms with Gasteiger partial charge in [0, 0.05) is 73.4 Å². The molecule has 0 amide bonds. The third-order valence-corrected chi connectivity index (χ3v) is 16.6. The molecule has 87 heavy (non-hydrogen) atoms. The van der Waals surface area contributed by atoms with Gasteiger partial charge in [0.25, 0.3) is 0 Å². The van der Waals surface area contributed by atoms with Crippen molar-refractivity contribution >= 4 is 0 Å². The van der Waals surface area contributed by atoms with Gasteiger partial charge in [0.1, 0.15) is 28.2 Å². The van der Waals surface area contributed by atoms with Crippen LogP contribution < -0.4 is 18.3 Å². The van der Waals surface area contributed by atoms with Gasteiger partial charge in [-0.25, -0.2) is 18.3 Å². The van der Waals surface area contributed by atoms with Crippen molar-refractivity contribution in [3.8, 4) is 89.5 Å². The summed E-state index contributed by atoms with van der Waals surface area (Å²) in [5.74, 6) is 0. The topological polar surface area (TPSA) is 15.5 Å². The van der Waals surface area contributed by atoms with Crippen molar-refractivity contribution in [3.63, 3.8) is 0 Å². The lowest BCUT2D eigenvalue weighted by Gasteiger charge is -2.12. The van der Waals surface area contributed by atoms with E-state index in [1.165, 1.54) is 128 Å². The highest BCUT2D eigenvalue weighted by Gasteiger charge is 2.19. The minimum atomic E-state index is -2.08. The molecule has 12 aromatic rings. The smallest absolute Gasteiger partial charge is 0.201 e. The van der Waals surface area contributed by atoms with E-state index in [4.69, 9.17) is 4.11 Å². The van der Waals surface area contributed by atoms with Crippen LogP contribution in [0.2, 0.25) is 0 Å². The van der Waals surface area contributed by atoms with Crippen molar-refractivity contribution in [1.82, 2.24) is 0 Å². The Hall–Kier alpha value is -9.64.